The van der Waals surface area contributed by atoms with Crippen LogP contribution >= 0.6 is 0 Å². The lowest BCUT2D eigenvalue weighted by molar-refractivity contribution is -0.136. The summed E-state index contributed by atoms with van der Waals surface area (Å²) in [5.74, 6) is -0.492. The van der Waals surface area contributed by atoms with Crippen molar-refractivity contribution in [3.63, 3.8) is 0 Å². The van der Waals surface area contributed by atoms with Gasteiger partial charge in [0.2, 0.25) is 0 Å². The number of amides is 4. The minimum Gasteiger partial charge on any atom is -0.466 e. The molecule has 0 unspecified atom stereocenters. The van der Waals surface area contributed by atoms with Gasteiger partial charge >= 0.3 is 18.0 Å². The van der Waals surface area contributed by atoms with Crippen molar-refractivity contribution in [2.75, 3.05) is 24.3 Å². The molecule has 3 rings (SSSR count). The highest BCUT2D eigenvalue weighted by Crippen LogP contribution is 2.32. The highest BCUT2D eigenvalue weighted by molar-refractivity contribution is 6.00. The summed E-state index contributed by atoms with van der Waals surface area (Å²) < 4.78 is 4.98. The number of esters is 1. The van der Waals surface area contributed by atoms with Gasteiger partial charge in [-0.15, -0.1) is 0 Å². The van der Waals surface area contributed by atoms with Crippen molar-refractivity contribution in [3.8, 4) is 0 Å². The Labute approximate surface area is 187 Å². The highest BCUT2D eigenvalue weighted by atomic mass is 16.5. The maximum absolute atomic E-state index is 12.6. The second kappa shape index (κ2) is 10.00. The van der Waals surface area contributed by atoms with Crippen LogP contribution in [0.2, 0.25) is 0 Å². The van der Waals surface area contributed by atoms with E-state index in [0.717, 1.165) is 17.7 Å². The maximum Gasteiger partial charge on any atom is 0.337 e. The Morgan fingerprint density at radius 1 is 1.06 bits per heavy atom. The van der Waals surface area contributed by atoms with Crippen molar-refractivity contribution in [2.45, 2.75) is 33.2 Å². The first-order chi connectivity index (χ1) is 15.3. The van der Waals surface area contributed by atoms with Crippen molar-refractivity contribution in [2.24, 2.45) is 0 Å². The van der Waals surface area contributed by atoms with Gasteiger partial charge in [0.15, 0.2) is 0 Å². The summed E-state index contributed by atoms with van der Waals surface area (Å²) in [5, 5.41) is 8.49. The van der Waals surface area contributed by atoms with Gasteiger partial charge in [-0.1, -0.05) is 37.3 Å². The summed E-state index contributed by atoms with van der Waals surface area (Å²) in [6, 6.07) is 13.2. The topological polar surface area (TPSA) is 99.8 Å². The lowest BCUT2D eigenvalue weighted by Crippen LogP contribution is -2.48. The number of nitrogens with one attached hydrogen (secondary N) is 3. The fourth-order valence-corrected chi connectivity index (χ4v) is 3.66. The molecule has 0 aromatic heterocycles. The molecule has 0 aliphatic carbocycles. The lowest BCUT2D eigenvalue weighted by Gasteiger charge is -2.35. The number of aryl methyl sites for hydroxylation is 1. The third kappa shape index (κ3) is 4.91. The number of benzene rings is 2. The molecule has 0 fully saturated rings. The van der Waals surface area contributed by atoms with Gasteiger partial charge in [0, 0.05) is 23.6 Å². The Kier molecular flexibility index (Phi) is 7.14. The summed E-state index contributed by atoms with van der Waals surface area (Å²) in [5.41, 5.74) is 3.94. The SMILES string of the molecule is CCCN1C(=O)N[C@H](c2ccc(NC(=O)Nc3ccccc3C)cc2)C(C(=O)OC)=C1C. The van der Waals surface area contributed by atoms with Gasteiger partial charge in [-0.05, 0) is 49.6 Å². The van der Waals surface area contributed by atoms with E-state index >= 15 is 0 Å². The number of carbonyl (C=O) groups is 3. The number of hydrogen-bond donors (Lipinski definition) is 3. The van der Waals surface area contributed by atoms with Crippen molar-refractivity contribution in [3.05, 3.63) is 70.9 Å². The van der Waals surface area contributed by atoms with Crippen molar-refractivity contribution < 1.29 is 19.1 Å². The van der Waals surface area contributed by atoms with E-state index in [0.29, 0.717) is 29.1 Å². The smallest absolute Gasteiger partial charge is 0.337 e. The number of rotatable bonds is 6. The monoisotopic (exact) mass is 436 g/mol. The summed E-state index contributed by atoms with van der Waals surface area (Å²) in [6.45, 7) is 6.13. The largest absolute Gasteiger partial charge is 0.466 e. The number of allylic oxidation sites excluding steroid dienone is 1. The predicted octanol–water partition coefficient (Wildman–Crippen LogP) is 4.56. The van der Waals surface area contributed by atoms with Crippen LogP contribution in [0.1, 0.15) is 37.4 Å². The molecular formula is C24H28N4O4. The maximum atomic E-state index is 12.6. The molecule has 1 aliphatic rings. The van der Waals surface area contributed by atoms with Gasteiger partial charge < -0.3 is 20.7 Å². The summed E-state index contributed by atoms with van der Waals surface area (Å²) in [7, 11) is 1.32. The molecule has 8 heteroatoms. The molecule has 3 N–H and O–H groups in total. The van der Waals surface area contributed by atoms with Crippen LogP contribution in [0, 0.1) is 6.92 Å². The van der Waals surface area contributed by atoms with E-state index in [1.165, 1.54) is 7.11 Å². The molecule has 1 atom stereocenters. The zero-order valence-electron chi connectivity index (χ0n) is 18.7. The quantitative estimate of drug-likeness (QED) is 0.578. The Balaban J connectivity index is 1.79. The summed E-state index contributed by atoms with van der Waals surface area (Å²) in [4.78, 5) is 39.0. The Morgan fingerprint density at radius 3 is 2.38 bits per heavy atom. The van der Waals surface area contributed by atoms with Crippen LogP contribution in [-0.2, 0) is 9.53 Å². The van der Waals surface area contributed by atoms with Crippen LogP contribution in [0.15, 0.2) is 59.8 Å². The van der Waals surface area contributed by atoms with Crippen LogP contribution in [0.4, 0.5) is 21.0 Å². The number of para-hydroxylation sites is 1. The van der Waals surface area contributed by atoms with Gasteiger partial charge in [-0.25, -0.2) is 14.4 Å². The molecule has 168 valence electrons. The number of anilines is 2. The van der Waals surface area contributed by atoms with Crippen LogP contribution in [0.5, 0.6) is 0 Å². The first-order valence-corrected chi connectivity index (χ1v) is 10.5. The minimum absolute atomic E-state index is 0.262. The molecule has 4 amide bonds. The van der Waals surface area contributed by atoms with E-state index in [1.54, 1.807) is 36.1 Å². The number of ether oxygens (including phenoxy) is 1. The van der Waals surface area contributed by atoms with E-state index in [4.69, 9.17) is 4.74 Å². The molecule has 2 aromatic rings. The van der Waals surface area contributed by atoms with E-state index < -0.39 is 12.0 Å². The second-order valence-corrected chi connectivity index (χ2v) is 7.54. The van der Waals surface area contributed by atoms with Crippen molar-refractivity contribution in [1.29, 1.82) is 0 Å². The molecule has 0 saturated carbocycles. The standard InChI is InChI=1S/C24H28N4O4/c1-5-14-28-16(3)20(22(29)32-4)21(27-24(28)31)17-10-12-18(13-11-17)25-23(30)26-19-9-7-6-8-15(19)2/h6-13,21H,5,14H2,1-4H3,(H,27,31)(H2,25,26,30)/t21-/m1/s1. The predicted molar refractivity (Wildman–Crippen MR) is 123 cm³/mol. The average molecular weight is 437 g/mol. The van der Waals surface area contributed by atoms with Crippen LogP contribution in [0.3, 0.4) is 0 Å². The molecule has 0 saturated heterocycles. The molecule has 1 aliphatic heterocycles. The van der Waals surface area contributed by atoms with Crippen molar-refractivity contribution >= 4 is 29.4 Å². The van der Waals surface area contributed by atoms with Gasteiger partial charge in [0.25, 0.3) is 0 Å². The fraction of sp³-hybridized carbons (Fsp3) is 0.292. The number of urea groups is 2. The molecule has 0 radical (unpaired) electrons. The number of hydrogen-bond acceptors (Lipinski definition) is 4. The van der Waals surface area contributed by atoms with Crippen LogP contribution in [-0.4, -0.2) is 36.6 Å². The van der Waals surface area contributed by atoms with E-state index in [2.05, 4.69) is 16.0 Å². The van der Waals surface area contributed by atoms with Gasteiger partial charge in [0.1, 0.15) is 0 Å². The molecule has 32 heavy (non-hydrogen) atoms. The zero-order valence-corrected chi connectivity index (χ0v) is 18.7. The van der Waals surface area contributed by atoms with Gasteiger partial charge in [-0.3, -0.25) is 4.90 Å². The molecule has 0 bridgehead atoms. The third-order valence-electron chi connectivity index (χ3n) is 5.34. The first kappa shape index (κ1) is 22.9. The van der Waals surface area contributed by atoms with Gasteiger partial charge in [-0.2, -0.15) is 0 Å². The number of methoxy groups -OCH3 is 1. The Morgan fingerprint density at radius 2 is 1.75 bits per heavy atom. The molecule has 1 heterocycles. The number of nitrogens with zero attached hydrogens (tertiary/aromatic N) is 1. The summed E-state index contributed by atoms with van der Waals surface area (Å²) >= 11 is 0. The highest BCUT2D eigenvalue weighted by Gasteiger charge is 2.35. The Hall–Kier alpha value is -3.81. The Bertz CT molecular complexity index is 1050. The van der Waals surface area contributed by atoms with Crippen LogP contribution in [0.25, 0.3) is 0 Å². The zero-order chi connectivity index (χ0) is 23.3. The van der Waals surface area contributed by atoms with E-state index in [9.17, 15) is 14.4 Å². The van der Waals surface area contributed by atoms with Crippen LogP contribution < -0.4 is 16.0 Å². The van der Waals surface area contributed by atoms with E-state index in [-0.39, 0.29) is 12.1 Å². The average Bonchev–Trinajstić information content (AvgIpc) is 2.78. The number of carbonyl (C=O) groups excluding carboxylic acids is 3. The second-order valence-electron chi connectivity index (χ2n) is 7.54. The fourth-order valence-electron chi connectivity index (χ4n) is 3.66. The first-order valence-electron chi connectivity index (χ1n) is 10.5. The van der Waals surface area contributed by atoms with Crippen molar-refractivity contribution in [1.82, 2.24) is 10.2 Å². The minimum atomic E-state index is -0.641. The molecular weight excluding hydrogens is 408 g/mol. The molecule has 2 aromatic carbocycles. The molecule has 0 spiro atoms. The van der Waals surface area contributed by atoms with E-state index in [1.807, 2.05) is 38.1 Å². The molecule has 8 nitrogen and oxygen atoms in total. The van der Waals surface area contributed by atoms with Gasteiger partial charge in [0.05, 0.1) is 18.7 Å². The third-order valence-corrected chi connectivity index (χ3v) is 5.34. The lowest BCUT2D eigenvalue weighted by atomic mass is 9.94. The summed E-state index contributed by atoms with van der Waals surface area (Å²) in [6.07, 6.45) is 0.759. The normalized spacial score (nSPS) is 15.8.